The second-order valence-electron chi connectivity index (χ2n) is 2.61. The quantitative estimate of drug-likeness (QED) is 0.710. The lowest BCUT2D eigenvalue weighted by atomic mass is 10.3. The van der Waals surface area contributed by atoms with E-state index in [1.54, 1.807) is 12.1 Å². The van der Waals surface area contributed by atoms with Crippen molar-refractivity contribution in [3.63, 3.8) is 0 Å². The summed E-state index contributed by atoms with van der Waals surface area (Å²) < 4.78 is 4.87. The first kappa shape index (κ1) is 9.51. The van der Waals surface area contributed by atoms with Crippen LogP contribution in [0.1, 0.15) is 23.8 Å². The zero-order valence-electron chi connectivity index (χ0n) is 7.49. The first-order valence-electron chi connectivity index (χ1n) is 4.12. The predicted molar refractivity (Wildman–Crippen MR) is 49.2 cm³/mol. The Morgan fingerprint density at radius 3 is 2.92 bits per heavy atom. The summed E-state index contributed by atoms with van der Waals surface area (Å²) in [5, 5.41) is 0. The zero-order chi connectivity index (χ0) is 9.68. The molecule has 0 aliphatic heterocycles. The number of nitrogens with two attached hydrogens (primary N) is 1. The molecule has 0 amide bonds. The van der Waals surface area contributed by atoms with Gasteiger partial charge in [-0.2, -0.15) is 0 Å². The van der Waals surface area contributed by atoms with Crippen LogP contribution < -0.4 is 5.73 Å². The van der Waals surface area contributed by atoms with Crippen LogP contribution in [0.25, 0.3) is 0 Å². The third-order valence-corrected chi connectivity index (χ3v) is 1.43. The van der Waals surface area contributed by atoms with Gasteiger partial charge in [0.15, 0.2) is 0 Å². The largest absolute Gasteiger partial charge is 0.461 e. The third-order valence-electron chi connectivity index (χ3n) is 1.43. The molecule has 2 N–H and O–H groups in total. The molecule has 1 aromatic heterocycles. The minimum atomic E-state index is -0.401. The van der Waals surface area contributed by atoms with Crippen molar-refractivity contribution in [3.8, 4) is 0 Å². The maximum Gasteiger partial charge on any atom is 0.356 e. The second-order valence-corrected chi connectivity index (χ2v) is 2.61. The van der Waals surface area contributed by atoms with E-state index in [2.05, 4.69) is 4.98 Å². The average molecular weight is 180 g/mol. The van der Waals surface area contributed by atoms with Crippen molar-refractivity contribution in [2.45, 2.75) is 13.3 Å². The van der Waals surface area contributed by atoms with Gasteiger partial charge < -0.3 is 10.5 Å². The van der Waals surface area contributed by atoms with Crippen molar-refractivity contribution in [2.75, 3.05) is 12.3 Å². The molecule has 1 aromatic rings. The highest BCUT2D eigenvalue weighted by Gasteiger charge is 2.06. The van der Waals surface area contributed by atoms with E-state index in [-0.39, 0.29) is 0 Å². The van der Waals surface area contributed by atoms with E-state index in [1.165, 1.54) is 6.20 Å². The summed E-state index contributed by atoms with van der Waals surface area (Å²) in [6, 6.07) is 3.17. The Hall–Kier alpha value is -1.58. The first-order chi connectivity index (χ1) is 6.24. The van der Waals surface area contributed by atoms with Crippen molar-refractivity contribution in [3.05, 3.63) is 24.0 Å². The average Bonchev–Trinajstić information content (AvgIpc) is 2.15. The smallest absolute Gasteiger partial charge is 0.356 e. The van der Waals surface area contributed by atoms with Gasteiger partial charge in [0, 0.05) is 0 Å². The Morgan fingerprint density at radius 1 is 1.62 bits per heavy atom. The van der Waals surface area contributed by atoms with Crippen LogP contribution in [0.5, 0.6) is 0 Å². The summed E-state index contributed by atoms with van der Waals surface area (Å²) >= 11 is 0. The number of hydrogen-bond acceptors (Lipinski definition) is 4. The molecule has 0 fully saturated rings. The van der Waals surface area contributed by atoms with Gasteiger partial charge in [0.25, 0.3) is 0 Å². The van der Waals surface area contributed by atoms with Crippen LogP contribution in [0.15, 0.2) is 18.3 Å². The molecule has 0 aromatic carbocycles. The van der Waals surface area contributed by atoms with E-state index in [0.29, 0.717) is 18.0 Å². The van der Waals surface area contributed by atoms with Crippen LogP contribution in [0.2, 0.25) is 0 Å². The zero-order valence-corrected chi connectivity index (χ0v) is 7.49. The molecule has 0 bridgehead atoms. The summed E-state index contributed by atoms with van der Waals surface area (Å²) in [6.45, 7) is 2.36. The number of esters is 1. The Bertz CT molecular complexity index is 282. The van der Waals surface area contributed by atoms with Gasteiger partial charge in [0.05, 0.1) is 18.5 Å². The molecule has 0 atom stereocenters. The van der Waals surface area contributed by atoms with Gasteiger partial charge in [-0.3, -0.25) is 0 Å². The van der Waals surface area contributed by atoms with Gasteiger partial charge in [-0.15, -0.1) is 0 Å². The molecule has 70 valence electrons. The molecule has 0 spiro atoms. The number of aromatic nitrogens is 1. The lowest BCUT2D eigenvalue weighted by Gasteiger charge is -2.01. The normalized spacial score (nSPS) is 9.62. The Kier molecular flexibility index (Phi) is 3.25. The lowest BCUT2D eigenvalue weighted by Crippen LogP contribution is -2.07. The molecule has 0 saturated carbocycles. The standard InChI is InChI=1S/C9H12N2O2/c1-2-5-13-9(12)8-4-3-7(10)6-11-8/h3-4,6H,2,5,10H2,1H3. The van der Waals surface area contributed by atoms with Crippen LogP contribution in [-0.2, 0) is 4.74 Å². The fraction of sp³-hybridized carbons (Fsp3) is 0.333. The SMILES string of the molecule is CCCOC(=O)c1ccc(N)cn1. The molecule has 13 heavy (non-hydrogen) atoms. The molecule has 1 heterocycles. The van der Waals surface area contributed by atoms with Crippen molar-refractivity contribution in [2.24, 2.45) is 0 Å². The molecule has 0 aliphatic rings. The van der Waals surface area contributed by atoms with Crippen LogP contribution in [-0.4, -0.2) is 17.6 Å². The topological polar surface area (TPSA) is 65.2 Å². The van der Waals surface area contributed by atoms with Crippen molar-refractivity contribution < 1.29 is 9.53 Å². The predicted octanol–water partition coefficient (Wildman–Crippen LogP) is 1.23. The number of nitrogen functional groups attached to an aromatic ring is 1. The lowest BCUT2D eigenvalue weighted by molar-refractivity contribution is 0.0498. The fourth-order valence-corrected chi connectivity index (χ4v) is 0.795. The molecule has 0 saturated heterocycles. The highest BCUT2D eigenvalue weighted by molar-refractivity contribution is 5.87. The van der Waals surface area contributed by atoms with Crippen molar-refractivity contribution in [1.29, 1.82) is 0 Å². The molecular weight excluding hydrogens is 168 g/mol. The van der Waals surface area contributed by atoms with Crippen molar-refractivity contribution >= 4 is 11.7 Å². The fourth-order valence-electron chi connectivity index (χ4n) is 0.795. The molecule has 4 nitrogen and oxygen atoms in total. The van der Waals surface area contributed by atoms with Crippen LogP contribution in [0, 0.1) is 0 Å². The van der Waals surface area contributed by atoms with E-state index in [1.807, 2.05) is 6.92 Å². The van der Waals surface area contributed by atoms with Crippen LogP contribution in [0.3, 0.4) is 0 Å². The van der Waals surface area contributed by atoms with Gasteiger partial charge >= 0.3 is 5.97 Å². The highest BCUT2D eigenvalue weighted by atomic mass is 16.5. The number of carbonyl (C=O) groups excluding carboxylic acids is 1. The number of anilines is 1. The Morgan fingerprint density at radius 2 is 2.38 bits per heavy atom. The second kappa shape index (κ2) is 4.45. The summed E-state index contributed by atoms with van der Waals surface area (Å²) in [5.74, 6) is -0.401. The molecule has 0 aliphatic carbocycles. The monoisotopic (exact) mass is 180 g/mol. The van der Waals surface area contributed by atoms with Gasteiger partial charge in [-0.1, -0.05) is 6.92 Å². The summed E-state index contributed by atoms with van der Waals surface area (Å²) in [4.78, 5) is 15.0. The third kappa shape index (κ3) is 2.74. The van der Waals surface area contributed by atoms with E-state index < -0.39 is 5.97 Å². The van der Waals surface area contributed by atoms with E-state index in [0.717, 1.165) is 6.42 Å². The van der Waals surface area contributed by atoms with E-state index >= 15 is 0 Å². The van der Waals surface area contributed by atoms with Gasteiger partial charge in [-0.25, -0.2) is 9.78 Å². The van der Waals surface area contributed by atoms with Crippen LogP contribution in [0.4, 0.5) is 5.69 Å². The minimum absolute atomic E-state index is 0.294. The van der Waals surface area contributed by atoms with E-state index in [9.17, 15) is 4.79 Å². The van der Waals surface area contributed by atoms with Gasteiger partial charge in [0.2, 0.25) is 0 Å². The molecular formula is C9H12N2O2. The maximum atomic E-state index is 11.2. The molecule has 4 heteroatoms. The number of ether oxygens (including phenoxy) is 1. The maximum absolute atomic E-state index is 11.2. The van der Waals surface area contributed by atoms with Gasteiger partial charge in [-0.05, 0) is 18.6 Å². The number of nitrogens with zero attached hydrogens (tertiary/aromatic N) is 1. The van der Waals surface area contributed by atoms with Crippen molar-refractivity contribution in [1.82, 2.24) is 4.98 Å². The molecule has 0 unspecified atom stereocenters. The Balaban J connectivity index is 2.61. The molecule has 0 radical (unpaired) electrons. The number of hydrogen-bond donors (Lipinski definition) is 1. The summed E-state index contributed by atoms with van der Waals surface area (Å²) in [7, 11) is 0. The number of rotatable bonds is 3. The Labute approximate surface area is 76.7 Å². The van der Waals surface area contributed by atoms with E-state index in [4.69, 9.17) is 10.5 Å². The van der Waals surface area contributed by atoms with Crippen LogP contribution >= 0.6 is 0 Å². The highest BCUT2D eigenvalue weighted by Crippen LogP contribution is 2.02. The number of carbonyl (C=O) groups is 1. The van der Waals surface area contributed by atoms with Gasteiger partial charge in [0.1, 0.15) is 5.69 Å². The summed E-state index contributed by atoms with van der Waals surface area (Å²) in [6.07, 6.45) is 2.24. The summed E-state index contributed by atoms with van der Waals surface area (Å²) in [5.41, 5.74) is 6.24. The molecule has 1 rings (SSSR count). The first-order valence-corrected chi connectivity index (χ1v) is 4.12. The number of pyridine rings is 1. The minimum Gasteiger partial charge on any atom is -0.461 e.